The first-order chi connectivity index (χ1) is 7.09. The SMILES string of the molecule is CC1(C)C[C@@H]1CNC(=O)c1cncnc1. The highest BCUT2D eigenvalue weighted by Crippen LogP contribution is 2.50. The van der Waals surface area contributed by atoms with Crippen LogP contribution in [0.2, 0.25) is 0 Å². The normalized spacial score (nSPS) is 22.1. The maximum atomic E-state index is 11.6. The molecule has 0 unspecified atom stereocenters. The first kappa shape index (κ1) is 10.1. The summed E-state index contributed by atoms with van der Waals surface area (Å²) in [5, 5.41) is 2.90. The van der Waals surface area contributed by atoms with E-state index in [0.29, 0.717) is 16.9 Å². The van der Waals surface area contributed by atoms with E-state index in [2.05, 4.69) is 29.1 Å². The number of aromatic nitrogens is 2. The van der Waals surface area contributed by atoms with E-state index in [0.717, 1.165) is 6.54 Å². The van der Waals surface area contributed by atoms with Gasteiger partial charge < -0.3 is 5.32 Å². The maximum Gasteiger partial charge on any atom is 0.254 e. The van der Waals surface area contributed by atoms with Crippen LogP contribution in [0, 0.1) is 11.3 Å². The summed E-state index contributed by atoms with van der Waals surface area (Å²) < 4.78 is 0. The van der Waals surface area contributed by atoms with Crippen molar-refractivity contribution in [3.63, 3.8) is 0 Å². The minimum absolute atomic E-state index is 0.0849. The summed E-state index contributed by atoms with van der Waals surface area (Å²) in [6.45, 7) is 5.19. The Balaban J connectivity index is 1.84. The zero-order valence-corrected chi connectivity index (χ0v) is 9.03. The Kier molecular flexibility index (Phi) is 2.42. The van der Waals surface area contributed by atoms with Crippen LogP contribution in [-0.2, 0) is 0 Å². The second-order valence-corrected chi connectivity index (χ2v) is 4.73. The highest BCUT2D eigenvalue weighted by molar-refractivity contribution is 5.93. The van der Waals surface area contributed by atoms with Crippen molar-refractivity contribution in [2.75, 3.05) is 6.54 Å². The number of rotatable bonds is 3. The fourth-order valence-electron chi connectivity index (χ4n) is 1.66. The zero-order chi connectivity index (χ0) is 10.9. The molecule has 0 saturated heterocycles. The number of carbonyl (C=O) groups is 1. The molecule has 0 radical (unpaired) electrons. The molecule has 80 valence electrons. The van der Waals surface area contributed by atoms with Gasteiger partial charge in [0.1, 0.15) is 6.33 Å². The summed E-state index contributed by atoms with van der Waals surface area (Å²) in [6.07, 6.45) is 5.67. The topological polar surface area (TPSA) is 54.9 Å². The average Bonchev–Trinajstić information content (AvgIpc) is 2.84. The maximum absolute atomic E-state index is 11.6. The van der Waals surface area contributed by atoms with Gasteiger partial charge in [-0.25, -0.2) is 9.97 Å². The van der Waals surface area contributed by atoms with Gasteiger partial charge in [0.25, 0.3) is 5.91 Å². The van der Waals surface area contributed by atoms with Crippen LogP contribution in [0.4, 0.5) is 0 Å². The second-order valence-electron chi connectivity index (χ2n) is 4.73. The van der Waals surface area contributed by atoms with Crippen LogP contribution in [0.3, 0.4) is 0 Å². The van der Waals surface area contributed by atoms with Gasteiger partial charge in [-0.1, -0.05) is 13.8 Å². The Bertz CT molecular complexity index is 361. The Morgan fingerprint density at radius 3 is 2.67 bits per heavy atom. The highest BCUT2D eigenvalue weighted by Gasteiger charge is 2.45. The summed E-state index contributed by atoms with van der Waals surface area (Å²) >= 11 is 0. The molecule has 0 bridgehead atoms. The summed E-state index contributed by atoms with van der Waals surface area (Å²) in [7, 11) is 0. The number of nitrogens with one attached hydrogen (secondary N) is 1. The molecule has 1 N–H and O–H groups in total. The van der Waals surface area contributed by atoms with E-state index in [-0.39, 0.29) is 5.91 Å². The van der Waals surface area contributed by atoms with Gasteiger partial charge >= 0.3 is 0 Å². The van der Waals surface area contributed by atoms with Gasteiger partial charge in [-0.15, -0.1) is 0 Å². The molecular formula is C11H15N3O. The first-order valence-electron chi connectivity index (χ1n) is 5.13. The van der Waals surface area contributed by atoms with Crippen molar-refractivity contribution >= 4 is 5.91 Å². The van der Waals surface area contributed by atoms with E-state index in [1.165, 1.54) is 25.1 Å². The fraction of sp³-hybridized carbons (Fsp3) is 0.545. The lowest BCUT2D eigenvalue weighted by molar-refractivity contribution is 0.0950. The van der Waals surface area contributed by atoms with Crippen molar-refractivity contribution in [3.8, 4) is 0 Å². The van der Waals surface area contributed by atoms with E-state index in [1.807, 2.05) is 0 Å². The smallest absolute Gasteiger partial charge is 0.254 e. The lowest BCUT2D eigenvalue weighted by atomic mass is 10.1. The van der Waals surface area contributed by atoms with Crippen LogP contribution in [-0.4, -0.2) is 22.4 Å². The molecule has 4 nitrogen and oxygen atoms in total. The van der Waals surface area contributed by atoms with Crippen LogP contribution in [0.15, 0.2) is 18.7 Å². The summed E-state index contributed by atoms with van der Waals surface area (Å²) in [4.78, 5) is 19.2. The summed E-state index contributed by atoms with van der Waals surface area (Å²) in [5.41, 5.74) is 0.927. The van der Waals surface area contributed by atoms with Crippen LogP contribution in [0.1, 0.15) is 30.6 Å². The monoisotopic (exact) mass is 205 g/mol. The van der Waals surface area contributed by atoms with E-state index < -0.39 is 0 Å². The first-order valence-corrected chi connectivity index (χ1v) is 5.13. The Hall–Kier alpha value is -1.45. The number of hydrogen-bond acceptors (Lipinski definition) is 3. The third-order valence-electron chi connectivity index (χ3n) is 3.05. The Morgan fingerprint density at radius 2 is 2.13 bits per heavy atom. The van der Waals surface area contributed by atoms with Crippen LogP contribution < -0.4 is 5.32 Å². The molecule has 1 aliphatic carbocycles. The van der Waals surface area contributed by atoms with Crippen molar-refractivity contribution < 1.29 is 4.79 Å². The Labute approximate surface area is 89.1 Å². The van der Waals surface area contributed by atoms with Gasteiger partial charge in [0.2, 0.25) is 0 Å². The molecule has 2 rings (SSSR count). The molecule has 1 aromatic rings. The van der Waals surface area contributed by atoms with Crippen LogP contribution >= 0.6 is 0 Å². The quantitative estimate of drug-likeness (QED) is 0.808. The van der Waals surface area contributed by atoms with E-state index in [4.69, 9.17) is 0 Å². The molecule has 0 spiro atoms. The van der Waals surface area contributed by atoms with Gasteiger partial charge in [0, 0.05) is 18.9 Å². The summed E-state index contributed by atoms with van der Waals surface area (Å²) in [5.74, 6) is 0.532. The highest BCUT2D eigenvalue weighted by atomic mass is 16.1. The van der Waals surface area contributed by atoms with Crippen molar-refractivity contribution in [2.45, 2.75) is 20.3 Å². The second kappa shape index (κ2) is 3.61. The lowest BCUT2D eigenvalue weighted by Gasteiger charge is -2.05. The van der Waals surface area contributed by atoms with E-state index >= 15 is 0 Å². The Morgan fingerprint density at radius 1 is 1.53 bits per heavy atom. The number of amides is 1. The van der Waals surface area contributed by atoms with Crippen molar-refractivity contribution in [1.82, 2.24) is 15.3 Å². The molecule has 1 saturated carbocycles. The molecular weight excluding hydrogens is 190 g/mol. The van der Waals surface area contributed by atoms with Crippen LogP contribution in [0.5, 0.6) is 0 Å². The average molecular weight is 205 g/mol. The third kappa shape index (κ3) is 2.32. The molecule has 1 atom stereocenters. The molecule has 1 aliphatic rings. The molecule has 1 heterocycles. The molecule has 1 aromatic heterocycles. The zero-order valence-electron chi connectivity index (χ0n) is 9.03. The van der Waals surface area contributed by atoms with Gasteiger partial charge in [-0.2, -0.15) is 0 Å². The standard InChI is InChI=1S/C11H15N3O/c1-11(2)3-9(11)6-14-10(15)8-4-12-7-13-5-8/h4-5,7,9H,3,6H2,1-2H3,(H,14,15)/t9-/m1/s1. The number of hydrogen-bond donors (Lipinski definition) is 1. The number of nitrogens with zero attached hydrogens (tertiary/aromatic N) is 2. The number of carbonyl (C=O) groups excluding carboxylic acids is 1. The molecule has 4 heteroatoms. The molecule has 1 amide bonds. The largest absolute Gasteiger partial charge is 0.352 e. The third-order valence-corrected chi connectivity index (χ3v) is 3.05. The predicted octanol–water partition coefficient (Wildman–Crippen LogP) is 1.25. The minimum Gasteiger partial charge on any atom is -0.352 e. The summed E-state index contributed by atoms with van der Waals surface area (Å²) in [6, 6.07) is 0. The predicted molar refractivity (Wildman–Crippen MR) is 56.3 cm³/mol. The minimum atomic E-state index is -0.0849. The van der Waals surface area contributed by atoms with E-state index in [9.17, 15) is 4.79 Å². The van der Waals surface area contributed by atoms with Crippen molar-refractivity contribution in [2.24, 2.45) is 11.3 Å². The molecule has 0 aromatic carbocycles. The fourth-order valence-corrected chi connectivity index (χ4v) is 1.66. The van der Waals surface area contributed by atoms with Crippen molar-refractivity contribution in [1.29, 1.82) is 0 Å². The van der Waals surface area contributed by atoms with Gasteiger partial charge in [-0.05, 0) is 17.8 Å². The molecule has 1 fully saturated rings. The lowest BCUT2D eigenvalue weighted by Crippen LogP contribution is -2.26. The molecule has 15 heavy (non-hydrogen) atoms. The van der Waals surface area contributed by atoms with Gasteiger partial charge in [0.05, 0.1) is 5.56 Å². The van der Waals surface area contributed by atoms with Crippen LogP contribution in [0.25, 0.3) is 0 Å². The van der Waals surface area contributed by atoms with Gasteiger partial charge in [-0.3, -0.25) is 4.79 Å². The molecule has 0 aliphatic heterocycles. The van der Waals surface area contributed by atoms with Crippen molar-refractivity contribution in [3.05, 3.63) is 24.3 Å². The van der Waals surface area contributed by atoms with Gasteiger partial charge in [0.15, 0.2) is 0 Å². The van der Waals surface area contributed by atoms with E-state index in [1.54, 1.807) is 0 Å².